The lowest BCUT2D eigenvalue weighted by Crippen LogP contribution is -2.49. The maximum atomic E-state index is 12.1. The fraction of sp³-hybridized carbons (Fsp3) is 0.632. The first kappa shape index (κ1) is 21.4. The molecule has 25 heavy (non-hydrogen) atoms. The number of carbonyl (C=O) groups is 1. The Kier molecular flexibility index (Phi) is 8.89. The van der Waals surface area contributed by atoms with Gasteiger partial charge in [0.2, 0.25) is 6.41 Å². The van der Waals surface area contributed by atoms with E-state index in [0.717, 1.165) is 12.0 Å². The molecule has 0 saturated carbocycles. The maximum absolute atomic E-state index is 12.1. The van der Waals surface area contributed by atoms with Crippen molar-refractivity contribution in [2.45, 2.75) is 65.7 Å². The molecule has 0 spiro atoms. The van der Waals surface area contributed by atoms with Gasteiger partial charge in [0.05, 0.1) is 5.60 Å². The highest BCUT2D eigenvalue weighted by Crippen LogP contribution is 2.10. The van der Waals surface area contributed by atoms with Gasteiger partial charge in [-0.3, -0.25) is 5.32 Å². The molecule has 0 aliphatic rings. The molecule has 0 heterocycles. The molecule has 6 heteroatoms. The fourth-order valence-corrected chi connectivity index (χ4v) is 2.20. The first-order valence-corrected chi connectivity index (χ1v) is 8.77. The smallest absolute Gasteiger partial charge is 0.407 e. The van der Waals surface area contributed by atoms with Crippen LogP contribution in [0.2, 0.25) is 0 Å². The van der Waals surface area contributed by atoms with E-state index in [2.05, 4.69) is 17.6 Å². The molecular weight excluding hydrogens is 320 g/mol. The number of alkyl carbamates (subject to hydrolysis) is 1. The molecule has 1 amide bonds. The van der Waals surface area contributed by atoms with Crippen molar-refractivity contribution < 1.29 is 19.4 Å². The predicted molar refractivity (Wildman–Crippen MR) is 97.9 cm³/mol. The van der Waals surface area contributed by atoms with Gasteiger partial charge in [-0.05, 0) is 32.3 Å². The van der Waals surface area contributed by atoms with E-state index in [-0.39, 0.29) is 18.6 Å². The Morgan fingerprint density at radius 1 is 1.24 bits per heavy atom. The van der Waals surface area contributed by atoms with Gasteiger partial charge in [-0.2, -0.15) is 0 Å². The van der Waals surface area contributed by atoms with E-state index in [1.807, 2.05) is 58.0 Å². The summed E-state index contributed by atoms with van der Waals surface area (Å²) >= 11 is 0. The summed E-state index contributed by atoms with van der Waals surface area (Å²) in [6, 6.07) is 9.35. The number of rotatable bonds is 9. The normalized spacial score (nSPS) is 15.3. The third-order valence-corrected chi connectivity index (χ3v) is 3.82. The number of carbonyl (C=O) groups excluding carboxylic acids is 1. The van der Waals surface area contributed by atoms with Crippen LogP contribution in [0.4, 0.5) is 4.79 Å². The minimum Gasteiger partial charge on any atom is -0.445 e. The van der Waals surface area contributed by atoms with Crippen LogP contribution in [-0.4, -0.2) is 35.8 Å². The molecule has 0 radical (unpaired) electrons. The van der Waals surface area contributed by atoms with Crippen LogP contribution < -0.4 is 10.6 Å². The molecule has 0 aromatic heterocycles. The number of hydrogen-bond donors (Lipinski definition) is 3. The summed E-state index contributed by atoms with van der Waals surface area (Å²) in [5, 5.41) is 15.7. The van der Waals surface area contributed by atoms with Crippen LogP contribution in [0.15, 0.2) is 30.3 Å². The summed E-state index contributed by atoms with van der Waals surface area (Å²) in [4.78, 5) is 12.1. The van der Waals surface area contributed by atoms with Gasteiger partial charge in [0, 0.05) is 12.6 Å². The Balaban J connectivity index is 2.47. The molecule has 1 rings (SSSR count). The summed E-state index contributed by atoms with van der Waals surface area (Å²) in [7, 11) is 0. The maximum Gasteiger partial charge on any atom is 0.407 e. The SMILES string of the molecule is CCC(C)[C@@H](CNC(O)OC(C)(C)C)NC(=O)OCc1ccccc1. The van der Waals surface area contributed by atoms with E-state index in [1.165, 1.54) is 0 Å². The molecule has 3 N–H and O–H groups in total. The van der Waals surface area contributed by atoms with Crippen LogP contribution in [0.3, 0.4) is 0 Å². The van der Waals surface area contributed by atoms with Crippen molar-refractivity contribution in [3.63, 3.8) is 0 Å². The first-order chi connectivity index (χ1) is 11.7. The Hall–Kier alpha value is -1.63. The van der Waals surface area contributed by atoms with Crippen LogP contribution in [0.25, 0.3) is 0 Å². The number of aliphatic hydroxyl groups is 1. The number of amides is 1. The first-order valence-electron chi connectivity index (χ1n) is 8.77. The Morgan fingerprint density at radius 2 is 1.88 bits per heavy atom. The molecule has 1 aromatic carbocycles. The van der Waals surface area contributed by atoms with Gasteiger partial charge in [0.1, 0.15) is 6.61 Å². The van der Waals surface area contributed by atoms with Crippen LogP contribution in [0, 0.1) is 5.92 Å². The lowest BCUT2D eigenvalue weighted by atomic mass is 9.99. The average molecular weight is 352 g/mol. The molecule has 0 fully saturated rings. The standard InChI is InChI=1S/C19H32N2O4/c1-6-14(2)16(12-20-17(22)25-19(3,4)5)21-18(23)24-13-15-10-8-7-9-11-15/h7-11,14,16-17,20,22H,6,12-13H2,1-5H3,(H,21,23)/t14?,16-,17?/m1/s1. The summed E-state index contributed by atoms with van der Waals surface area (Å²) in [6.45, 7) is 10.3. The van der Waals surface area contributed by atoms with Crippen molar-refractivity contribution >= 4 is 6.09 Å². The minimum atomic E-state index is -1.09. The van der Waals surface area contributed by atoms with E-state index < -0.39 is 18.1 Å². The van der Waals surface area contributed by atoms with Crippen molar-refractivity contribution in [2.75, 3.05) is 6.54 Å². The second-order valence-corrected chi connectivity index (χ2v) is 7.19. The van der Waals surface area contributed by atoms with Gasteiger partial charge in [-0.1, -0.05) is 50.6 Å². The number of nitrogens with one attached hydrogen (secondary N) is 2. The molecule has 3 atom stereocenters. The van der Waals surface area contributed by atoms with Crippen molar-refractivity contribution in [2.24, 2.45) is 5.92 Å². The number of benzene rings is 1. The van der Waals surface area contributed by atoms with Crippen molar-refractivity contribution in [3.8, 4) is 0 Å². The lowest BCUT2D eigenvalue weighted by molar-refractivity contribution is -0.182. The molecule has 0 bridgehead atoms. The third kappa shape index (κ3) is 9.43. The zero-order chi connectivity index (χ0) is 18.9. The van der Waals surface area contributed by atoms with E-state index >= 15 is 0 Å². The van der Waals surface area contributed by atoms with Gasteiger partial charge < -0.3 is 19.9 Å². The highest BCUT2D eigenvalue weighted by Gasteiger charge is 2.22. The molecule has 0 aliphatic heterocycles. The lowest BCUT2D eigenvalue weighted by Gasteiger charge is -2.28. The van der Waals surface area contributed by atoms with Gasteiger partial charge in [-0.25, -0.2) is 4.79 Å². The van der Waals surface area contributed by atoms with Gasteiger partial charge >= 0.3 is 6.09 Å². The van der Waals surface area contributed by atoms with Crippen molar-refractivity contribution in [1.82, 2.24) is 10.6 Å². The molecule has 2 unspecified atom stereocenters. The number of hydrogen-bond acceptors (Lipinski definition) is 5. The quantitative estimate of drug-likeness (QED) is 0.595. The van der Waals surface area contributed by atoms with Crippen LogP contribution in [0.1, 0.15) is 46.6 Å². The van der Waals surface area contributed by atoms with E-state index in [1.54, 1.807) is 0 Å². The van der Waals surface area contributed by atoms with Crippen molar-refractivity contribution in [1.29, 1.82) is 0 Å². The van der Waals surface area contributed by atoms with Crippen LogP contribution in [-0.2, 0) is 16.1 Å². The summed E-state index contributed by atoms with van der Waals surface area (Å²) < 4.78 is 10.7. The highest BCUT2D eigenvalue weighted by atomic mass is 16.6. The number of aliphatic hydroxyl groups excluding tert-OH is 1. The third-order valence-electron chi connectivity index (χ3n) is 3.82. The number of ether oxygens (including phenoxy) is 2. The zero-order valence-corrected chi connectivity index (χ0v) is 15.9. The molecule has 6 nitrogen and oxygen atoms in total. The van der Waals surface area contributed by atoms with Gasteiger partial charge in [0.25, 0.3) is 0 Å². The topological polar surface area (TPSA) is 79.8 Å². The van der Waals surface area contributed by atoms with E-state index in [4.69, 9.17) is 9.47 Å². The molecule has 1 aromatic rings. The molecule has 0 aliphatic carbocycles. The highest BCUT2D eigenvalue weighted by molar-refractivity contribution is 5.67. The average Bonchev–Trinajstić information content (AvgIpc) is 2.55. The summed E-state index contributed by atoms with van der Waals surface area (Å²) in [5.74, 6) is 0.221. The van der Waals surface area contributed by atoms with E-state index in [0.29, 0.717) is 6.54 Å². The Morgan fingerprint density at radius 3 is 2.44 bits per heavy atom. The largest absolute Gasteiger partial charge is 0.445 e. The van der Waals surface area contributed by atoms with Crippen molar-refractivity contribution in [3.05, 3.63) is 35.9 Å². The fourth-order valence-electron chi connectivity index (χ4n) is 2.20. The Bertz CT molecular complexity index is 502. The summed E-state index contributed by atoms with van der Waals surface area (Å²) in [5.41, 5.74) is 0.477. The predicted octanol–water partition coefficient (Wildman–Crippen LogP) is 3.01. The second kappa shape index (κ2) is 10.4. The van der Waals surface area contributed by atoms with Crippen LogP contribution >= 0.6 is 0 Å². The second-order valence-electron chi connectivity index (χ2n) is 7.19. The monoisotopic (exact) mass is 352 g/mol. The van der Waals surface area contributed by atoms with Gasteiger partial charge in [-0.15, -0.1) is 0 Å². The summed E-state index contributed by atoms with van der Waals surface area (Å²) in [6.07, 6.45) is -0.669. The minimum absolute atomic E-state index is 0.175. The Labute approximate surface area is 150 Å². The zero-order valence-electron chi connectivity index (χ0n) is 15.9. The van der Waals surface area contributed by atoms with E-state index in [9.17, 15) is 9.90 Å². The van der Waals surface area contributed by atoms with Gasteiger partial charge in [0.15, 0.2) is 0 Å². The molecule has 142 valence electrons. The molecule has 0 saturated heterocycles. The molecular formula is C19H32N2O4. The van der Waals surface area contributed by atoms with Crippen LogP contribution in [0.5, 0.6) is 0 Å².